The van der Waals surface area contributed by atoms with Gasteiger partial charge in [0.2, 0.25) is 5.91 Å². The molecule has 0 spiro atoms. The van der Waals surface area contributed by atoms with Crippen molar-refractivity contribution in [3.05, 3.63) is 28.4 Å². The fourth-order valence-electron chi connectivity index (χ4n) is 2.99. The highest BCUT2D eigenvalue weighted by molar-refractivity contribution is 5.76. The molecule has 1 aromatic rings. The van der Waals surface area contributed by atoms with E-state index in [1.165, 1.54) is 17.0 Å². The van der Waals surface area contributed by atoms with Gasteiger partial charge in [0, 0.05) is 19.2 Å². The zero-order valence-electron chi connectivity index (χ0n) is 13.4. The number of carbonyl (C=O) groups is 1. The van der Waals surface area contributed by atoms with Crippen LogP contribution in [0.2, 0.25) is 0 Å². The van der Waals surface area contributed by atoms with Gasteiger partial charge in [0.15, 0.2) is 0 Å². The number of carbonyl (C=O) groups excluding carboxylic acids is 1. The van der Waals surface area contributed by atoms with Gasteiger partial charge < -0.3 is 4.90 Å². The fourth-order valence-corrected chi connectivity index (χ4v) is 2.99. The van der Waals surface area contributed by atoms with E-state index in [1.54, 1.807) is 0 Å². The minimum absolute atomic E-state index is 0.00889. The van der Waals surface area contributed by atoms with Gasteiger partial charge in [-0.1, -0.05) is 27.7 Å². The van der Waals surface area contributed by atoms with Crippen LogP contribution in [0.1, 0.15) is 45.7 Å². The van der Waals surface area contributed by atoms with Crippen LogP contribution in [0.5, 0.6) is 0 Å². The third-order valence-corrected chi connectivity index (χ3v) is 4.02. The first kappa shape index (κ1) is 15.7. The van der Waals surface area contributed by atoms with E-state index in [1.807, 2.05) is 18.7 Å². The van der Waals surface area contributed by atoms with Crippen LogP contribution in [-0.2, 0) is 11.3 Å². The lowest BCUT2D eigenvalue weighted by molar-refractivity contribution is -0.134. The van der Waals surface area contributed by atoms with Crippen molar-refractivity contribution in [3.63, 3.8) is 0 Å². The molecule has 1 fully saturated rings. The van der Waals surface area contributed by atoms with Crippen molar-refractivity contribution in [2.75, 3.05) is 13.1 Å². The first-order valence-corrected chi connectivity index (χ1v) is 7.71. The summed E-state index contributed by atoms with van der Waals surface area (Å²) in [5.74, 6) is 1.27. The molecule has 0 aliphatic carbocycles. The Morgan fingerprint density at radius 1 is 1.33 bits per heavy atom. The molecule has 5 heteroatoms. The topological polar surface area (TPSA) is 55.2 Å². The average molecular weight is 291 g/mol. The maximum atomic E-state index is 12.4. The first-order chi connectivity index (χ1) is 9.86. The van der Waals surface area contributed by atoms with Crippen molar-refractivity contribution in [2.24, 2.45) is 11.8 Å². The highest BCUT2D eigenvalue weighted by atomic mass is 16.2. The van der Waals surface area contributed by atoms with Gasteiger partial charge in [0.25, 0.3) is 5.56 Å². The van der Waals surface area contributed by atoms with E-state index < -0.39 is 0 Å². The molecule has 0 aromatic carbocycles. The predicted molar refractivity (Wildman–Crippen MR) is 82.1 cm³/mol. The first-order valence-electron chi connectivity index (χ1n) is 7.71. The summed E-state index contributed by atoms with van der Waals surface area (Å²) in [5, 5.41) is 0. The summed E-state index contributed by atoms with van der Waals surface area (Å²) in [7, 11) is 0. The maximum absolute atomic E-state index is 12.4. The summed E-state index contributed by atoms with van der Waals surface area (Å²) in [6.45, 7) is 9.98. The average Bonchev–Trinajstić information content (AvgIpc) is 2.39. The number of aromatic nitrogens is 2. The molecule has 2 unspecified atom stereocenters. The second kappa shape index (κ2) is 6.41. The third-order valence-electron chi connectivity index (χ3n) is 4.02. The number of nitrogens with zero attached hydrogens (tertiary/aromatic N) is 3. The van der Waals surface area contributed by atoms with Crippen molar-refractivity contribution in [3.8, 4) is 0 Å². The van der Waals surface area contributed by atoms with Crippen LogP contribution >= 0.6 is 0 Å². The summed E-state index contributed by atoms with van der Waals surface area (Å²) in [6, 6.07) is 1.53. The zero-order chi connectivity index (χ0) is 15.6. The predicted octanol–water partition coefficient (Wildman–Crippen LogP) is 1.87. The van der Waals surface area contributed by atoms with Crippen molar-refractivity contribution < 1.29 is 4.79 Å². The zero-order valence-corrected chi connectivity index (χ0v) is 13.4. The number of rotatable bonds is 3. The summed E-state index contributed by atoms with van der Waals surface area (Å²) in [6.07, 6.45) is 2.65. The van der Waals surface area contributed by atoms with Crippen LogP contribution in [0.15, 0.2) is 17.2 Å². The Morgan fingerprint density at radius 2 is 1.95 bits per heavy atom. The number of hydrogen-bond donors (Lipinski definition) is 0. The lowest BCUT2D eigenvalue weighted by atomic mass is 9.92. The van der Waals surface area contributed by atoms with Crippen molar-refractivity contribution in [1.29, 1.82) is 0 Å². The van der Waals surface area contributed by atoms with Crippen LogP contribution in [0.3, 0.4) is 0 Å². The molecule has 1 aromatic heterocycles. The normalized spacial score (nSPS) is 22.6. The summed E-state index contributed by atoms with van der Waals surface area (Å²) in [4.78, 5) is 30.5. The molecular formula is C16H25N3O2. The quantitative estimate of drug-likeness (QED) is 0.854. The van der Waals surface area contributed by atoms with Crippen LogP contribution in [0.25, 0.3) is 0 Å². The van der Waals surface area contributed by atoms with Gasteiger partial charge in [-0.3, -0.25) is 14.2 Å². The Kier molecular flexibility index (Phi) is 4.80. The largest absolute Gasteiger partial charge is 0.341 e. The summed E-state index contributed by atoms with van der Waals surface area (Å²) >= 11 is 0. The molecule has 2 rings (SSSR count). The molecule has 1 amide bonds. The molecule has 1 aliphatic heterocycles. The molecule has 21 heavy (non-hydrogen) atoms. The Morgan fingerprint density at radius 3 is 2.48 bits per heavy atom. The van der Waals surface area contributed by atoms with Gasteiger partial charge in [-0.25, -0.2) is 4.98 Å². The number of hydrogen-bond acceptors (Lipinski definition) is 3. The molecule has 116 valence electrons. The molecule has 1 saturated heterocycles. The SMILES string of the molecule is CC1CC(C)CN(C(=O)Cn2cnc(C(C)C)cc2=O)C1. The van der Waals surface area contributed by atoms with E-state index in [2.05, 4.69) is 18.8 Å². The molecule has 0 saturated carbocycles. The van der Waals surface area contributed by atoms with E-state index in [9.17, 15) is 9.59 Å². The van der Waals surface area contributed by atoms with Crippen LogP contribution in [0.4, 0.5) is 0 Å². The van der Waals surface area contributed by atoms with Crippen LogP contribution in [0, 0.1) is 11.8 Å². The monoisotopic (exact) mass is 291 g/mol. The van der Waals surface area contributed by atoms with Gasteiger partial charge in [0.1, 0.15) is 6.54 Å². The van der Waals surface area contributed by atoms with Crippen molar-refractivity contribution >= 4 is 5.91 Å². The minimum atomic E-state index is -0.153. The highest BCUT2D eigenvalue weighted by Crippen LogP contribution is 2.21. The standard InChI is InChI=1S/C16H25N3O2/c1-11(2)14-6-15(20)19(10-17-14)9-16(21)18-7-12(3)5-13(4)8-18/h6,10-13H,5,7-9H2,1-4H3. The van der Waals surface area contributed by atoms with Gasteiger partial charge >= 0.3 is 0 Å². The molecule has 0 radical (unpaired) electrons. The van der Waals surface area contributed by atoms with Gasteiger partial charge in [0.05, 0.1) is 12.0 Å². The molecule has 2 heterocycles. The summed E-state index contributed by atoms with van der Waals surface area (Å²) in [5.41, 5.74) is 0.615. The lowest BCUT2D eigenvalue weighted by Crippen LogP contribution is -2.44. The number of likely N-dealkylation sites (tertiary alicyclic amines) is 1. The molecule has 5 nitrogen and oxygen atoms in total. The second-order valence-electron chi connectivity index (χ2n) is 6.68. The van der Waals surface area contributed by atoms with Crippen molar-refractivity contribution in [1.82, 2.24) is 14.5 Å². The number of piperidine rings is 1. The Bertz CT molecular complexity index is 555. The molecule has 0 bridgehead atoms. The van der Waals surface area contributed by atoms with E-state index in [-0.39, 0.29) is 23.9 Å². The third kappa shape index (κ3) is 3.93. The molecule has 2 atom stereocenters. The molecular weight excluding hydrogens is 266 g/mol. The van der Waals surface area contributed by atoms with Gasteiger partial charge in [-0.2, -0.15) is 0 Å². The van der Waals surface area contributed by atoms with Crippen molar-refractivity contribution in [2.45, 2.75) is 46.6 Å². The maximum Gasteiger partial charge on any atom is 0.254 e. The molecule has 0 N–H and O–H groups in total. The van der Waals surface area contributed by atoms with Crippen LogP contribution < -0.4 is 5.56 Å². The second-order valence-corrected chi connectivity index (χ2v) is 6.68. The summed E-state index contributed by atoms with van der Waals surface area (Å²) < 4.78 is 1.40. The fraction of sp³-hybridized carbons (Fsp3) is 0.688. The lowest BCUT2D eigenvalue weighted by Gasteiger charge is -2.35. The Labute approximate surface area is 126 Å². The van der Waals surface area contributed by atoms with E-state index in [0.29, 0.717) is 11.8 Å². The van der Waals surface area contributed by atoms with Gasteiger partial charge in [-0.05, 0) is 24.2 Å². The van der Waals surface area contributed by atoms with Crippen LogP contribution in [-0.4, -0.2) is 33.4 Å². The Hall–Kier alpha value is -1.65. The molecule has 1 aliphatic rings. The minimum Gasteiger partial charge on any atom is -0.341 e. The van der Waals surface area contributed by atoms with Gasteiger partial charge in [-0.15, -0.1) is 0 Å². The number of amides is 1. The Balaban J connectivity index is 2.07. The van der Waals surface area contributed by atoms with E-state index in [0.717, 1.165) is 25.2 Å². The van der Waals surface area contributed by atoms with E-state index >= 15 is 0 Å². The smallest absolute Gasteiger partial charge is 0.254 e. The van der Waals surface area contributed by atoms with E-state index in [4.69, 9.17) is 0 Å². The highest BCUT2D eigenvalue weighted by Gasteiger charge is 2.25.